The SMILES string of the molecule is COc1cc(/C=C/C(=O)OCC#N)cc2c1OCCO2. The average molecular weight is 275 g/mol. The maximum Gasteiger partial charge on any atom is 0.331 e. The molecule has 0 unspecified atom stereocenters. The predicted molar refractivity (Wildman–Crippen MR) is 69.6 cm³/mol. The average Bonchev–Trinajstić information content (AvgIpc) is 2.49. The number of nitriles is 1. The Morgan fingerprint density at radius 2 is 2.25 bits per heavy atom. The van der Waals surface area contributed by atoms with Crippen molar-refractivity contribution in [2.45, 2.75) is 0 Å². The third kappa shape index (κ3) is 3.20. The minimum Gasteiger partial charge on any atom is -0.493 e. The number of fused-ring (bicyclic) bond motifs is 1. The quantitative estimate of drug-likeness (QED) is 0.612. The maximum atomic E-state index is 11.3. The summed E-state index contributed by atoms with van der Waals surface area (Å²) in [6.07, 6.45) is 2.79. The van der Waals surface area contributed by atoms with Crippen molar-refractivity contribution in [2.24, 2.45) is 0 Å². The van der Waals surface area contributed by atoms with Gasteiger partial charge in [-0.15, -0.1) is 0 Å². The fourth-order valence-electron chi connectivity index (χ4n) is 1.71. The molecule has 1 aromatic carbocycles. The van der Waals surface area contributed by atoms with E-state index >= 15 is 0 Å². The van der Waals surface area contributed by atoms with Crippen LogP contribution < -0.4 is 14.2 Å². The summed E-state index contributed by atoms with van der Waals surface area (Å²) in [6.45, 7) is 0.667. The zero-order valence-electron chi connectivity index (χ0n) is 10.9. The van der Waals surface area contributed by atoms with Crippen LogP contribution in [0.3, 0.4) is 0 Å². The summed E-state index contributed by atoms with van der Waals surface area (Å²) < 4.78 is 20.8. The van der Waals surface area contributed by atoms with E-state index in [1.54, 1.807) is 24.3 Å². The highest BCUT2D eigenvalue weighted by Gasteiger charge is 2.17. The third-order valence-corrected chi connectivity index (χ3v) is 2.54. The van der Waals surface area contributed by atoms with Crippen molar-refractivity contribution in [1.82, 2.24) is 0 Å². The predicted octanol–water partition coefficient (Wildman–Crippen LogP) is 1.55. The van der Waals surface area contributed by atoms with E-state index < -0.39 is 5.97 Å². The molecule has 2 rings (SSSR count). The Labute approximate surface area is 116 Å². The highest BCUT2D eigenvalue weighted by atomic mass is 16.6. The summed E-state index contributed by atoms with van der Waals surface area (Å²) in [4.78, 5) is 11.3. The molecule has 0 saturated carbocycles. The van der Waals surface area contributed by atoms with Gasteiger partial charge in [-0.2, -0.15) is 5.26 Å². The number of rotatable bonds is 4. The number of hydrogen-bond acceptors (Lipinski definition) is 6. The van der Waals surface area contributed by atoms with E-state index in [0.29, 0.717) is 36.0 Å². The molecule has 6 nitrogen and oxygen atoms in total. The number of carbonyl (C=O) groups is 1. The van der Waals surface area contributed by atoms with E-state index in [2.05, 4.69) is 4.74 Å². The van der Waals surface area contributed by atoms with Crippen LogP contribution in [-0.2, 0) is 9.53 Å². The maximum absolute atomic E-state index is 11.3. The molecule has 104 valence electrons. The Morgan fingerprint density at radius 1 is 1.45 bits per heavy atom. The molecule has 6 heteroatoms. The molecule has 0 atom stereocenters. The normalized spacial score (nSPS) is 12.8. The van der Waals surface area contributed by atoms with E-state index in [1.807, 2.05) is 0 Å². The Bertz CT molecular complexity index is 556. The molecule has 0 saturated heterocycles. The van der Waals surface area contributed by atoms with Gasteiger partial charge in [0, 0.05) is 6.08 Å². The van der Waals surface area contributed by atoms with Crippen LogP contribution in [0.15, 0.2) is 18.2 Å². The van der Waals surface area contributed by atoms with Crippen LogP contribution in [0.4, 0.5) is 0 Å². The van der Waals surface area contributed by atoms with Crippen LogP contribution >= 0.6 is 0 Å². The van der Waals surface area contributed by atoms with Gasteiger partial charge in [0.25, 0.3) is 0 Å². The van der Waals surface area contributed by atoms with Crippen LogP contribution in [0.2, 0.25) is 0 Å². The van der Waals surface area contributed by atoms with Crippen LogP contribution in [0.5, 0.6) is 17.2 Å². The van der Waals surface area contributed by atoms with Crippen molar-refractivity contribution >= 4 is 12.0 Å². The zero-order chi connectivity index (χ0) is 14.4. The topological polar surface area (TPSA) is 77.8 Å². The molecule has 0 spiro atoms. The number of esters is 1. The molecule has 0 radical (unpaired) electrons. The van der Waals surface area contributed by atoms with Crippen molar-refractivity contribution in [3.8, 4) is 23.3 Å². The molecule has 0 aromatic heterocycles. The van der Waals surface area contributed by atoms with Gasteiger partial charge in [-0.05, 0) is 23.8 Å². The lowest BCUT2D eigenvalue weighted by Gasteiger charge is -2.20. The van der Waals surface area contributed by atoms with Crippen molar-refractivity contribution in [3.63, 3.8) is 0 Å². The summed E-state index contributed by atoms with van der Waals surface area (Å²) in [5, 5.41) is 8.30. The van der Waals surface area contributed by atoms with E-state index in [9.17, 15) is 4.79 Å². The summed E-state index contributed by atoms with van der Waals surface area (Å²) in [5.41, 5.74) is 0.708. The molecule has 0 amide bonds. The fraction of sp³-hybridized carbons (Fsp3) is 0.286. The lowest BCUT2D eigenvalue weighted by atomic mass is 10.1. The molecule has 0 fully saturated rings. The minimum atomic E-state index is -0.583. The summed E-state index contributed by atoms with van der Waals surface area (Å²) in [6, 6.07) is 5.19. The molecule has 20 heavy (non-hydrogen) atoms. The Kier molecular flexibility index (Phi) is 4.45. The Hall–Kier alpha value is -2.68. The standard InChI is InChI=1S/C14H13NO5/c1-17-11-8-10(2-3-13(16)19-5-4-15)9-12-14(11)20-7-6-18-12/h2-3,8-9H,5-7H2,1H3/b3-2+. The number of carbonyl (C=O) groups excluding carboxylic acids is 1. The van der Waals surface area contributed by atoms with Gasteiger partial charge in [0.1, 0.15) is 19.3 Å². The molecule has 0 aliphatic carbocycles. The van der Waals surface area contributed by atoms with Gasteiger partial charge in [-0.3, -0.25) is 0 Å². The van der Waals surface area contributed by atoms with Crippen LogP contribution in [0.1, 0.15) is 5.56 Å². The van der Waals surface area contributed by atoms with E-state index in [0.717, 1.165) is 0 Å². The molecule has 0 N–H and O–H groups in total. The first-order valence-electron chi connectivity index (χ1n) is 5.94. The molecule has 0 bridgehead atoms. The van der Waals surface area contributed by atoms with E-state index in [4.69, 9.17) is 19.5 Å². The molecular weight excluding hydrogens is 262 g/mol. The van der Waals surface area contributed by atoms with Crippen LogP contribution in [0.25, 0.3) is 6.08 Å². The van der Waals surface area contributed by atoms with Crippen molar-refractivity contribution in [3.05, 3.63) is 23.8 Å². The second-order valence-corrected chi connectivity index (χ2v) is 3.85. The molecule has 1 aliphatic heterocycles. The second kappa shape index (κ2) is 6.48. The van der Waals surface area contributed by atoms with Crippen molar-refractivity contribution in [1.29, 1.82) is 5.26 Å². The number of hydrogen-bond donors (Lipinski definition) is 0. The van der Waals surface area contributed by atoms with E-state index in [1.165, 1.54) is 13.2 Å². The van der Waals surface area contributed by atoms with Gasteiger partial charge in [0.15, 0.2) is 18.1 Å². The monoisotopic (exact) mass is 275 g/mol. The first-order chi connectivity index (χ1) is 9.74. The lowest BCUT2D eigenvalue weighted by molar-refractivity contribution is -0.136. The second-order valence-electron chi connectivity index (χ2n) is 3.85. The zero-order valence-corrected chi connectivity index (χ0v) is 10.9. The lowest BCUT2D eigenvalue weighted by Crippen LogP contribution is -2.16. The minimum absolute atomic E-state index is 0.270. The third-order valence-electron chi connectivity index (χ3n) is 2.54. The Morgan fingerprint density at radius 3 is 3.00 bits per heavy atom. The smallest absolute Gasteiger partial charge is 0.331 e. The number of nitrogens with zero attached hydrogens (tertiary/aromatic N) is 1. The van der Waals surface area contributed by atoms with E-state index in [-0.39, 0.29) is 6.61 Å². The number of methoxy groups -OCH3 is 1. The highest BCUT2D eigenvalue weighted by molar-refractivity contribution is 5.87. The van der Waals surface area contributed by atoms with Crippen LogP contribution in [-0.4, -0.2) is 32.9 Å². The molecule has 1 aliphatic rings. The van der Waals surface area contributed by atoms with Gasteiger partial charge < -0.3 is 18.9 Å². The van der Waals surface area contributed by atoms with Crippen LogP contribution in [0, 0.1) is 11.3 Å². The van der Waals surface area contributed by atoms with Gasteiger partial charge in [-0.25, -0.2) is 4.79 Å². The first kappa shape index (κ1) is 13.7. The fourth-order valence-corrected chi connectivity index (χ4v) is 1.71. The summed E-state index contributed by atoms with van der Waals surface area (Å²) in [5.74, 6) is 1.08. The van der Waals surface area contributed by atoms with Crippen molar-refractivity contribution in [2.75, 3.05) is 26.9 Å². The molecule has 1 aromatic rings. The first-order valence-corrected chi connectivity index (χ1v) is 5.94. The van der Waals surface area contributed by atoms with Gasteiger partial charge >= 0.3 is 5.97 Å². The van der Waals surface area contributed by atoms with Gasteiger partial charge in [0.2, 0.25) is 5.75 Å². The van der Waals surface area contributed by atoms with Gasteiger partial charge in [-0.1, -0.05) is 0 Å². The summed E-state index contributed by atoms with van der Waals surface area (Å²) in [7, 11) is 1.53. The molecule has 1 heterocycles. The largest absolute Gasteiger partial charge is 0.493 e. The number of benzene rings is 1. The highest BCUT2D eigenvalue weighted by Crippen LogP contribution is 2.40. The Balaban J connectivity index is 2.18. The molecular formula is C14H13NO5. The summed E-state index contributed by atoms with van der Waals surface area (Å²) >= 11 is 0. The number of ether oxygens (including phenoxy) is 4. The van der Waals surface area contributed by atoms with Gasteiger partial charge in [0.05, 0.1) is 7.11 Å². The van der Waals surface area contributed by atoms with Crippen molar-refractivity contribution < 1.29 is 23.7 Å².